The van der Waals surface area contributed by atoms with Gasteiger partial charge in [-0.3, -0.25) is 9.89 Å². The average Bonchev–Trinajstić information content (AvgIpc) is 3.06. The lowest BCUT2D eigenvalue weighted by Crippen LogP contribution is -2.34. The molecule has 0 aromatic carbocycles. The minimum atomic E-state index is -0.0957. The number of amides is 1. The van der Waals surface area contributed by atoms with Crippen molar-refractivity contribution in [3.05, 3.63) is 16.9 Å². The van der Waals surface area contributed by atoms with E-state index in [1.165, 1.54) is 17.7 Å². The van der Waals surface area contributed by atoms with E-state index in [-0.39, 0.29) is 12.5 Å². The maximum atomic E-state index is 12.5. The van der Waals surface area contributed by atoms with E-state index in [4.69, 9.17) is 5.11 Å². The molecule has 0 atom stereocenters. The van der Waals surface area contributed by atoms with E-state index in [0.29, 0.717) is 34.5 Å². The van der Waals surface area contributed by atoms with Crippen LogP contribution >= 0.6 is 11.3 Å². The van der Waals surface area contributed by atoms with Crippen LogP contribution in [0.5, 0.6) is 0 Å². The zero-order valence-electron chi connectivity index (χ0n) is 11.5. The van der Waals surface area contributed by atoms with E-state index in [9.17, 15) is 4.79 Å². The highest BCUT2D eigenvalue weighted by Gasteiger charge is 2.21. The summed E-state index contributed by atoms with van der Waals surface area (Å²) in [6, 6.07) is 0. The van der Waals surface area contributed by atoms with Crippen LogP contribution in [0.15, 0.2) is 6.33 Å². The number of rotatable bonds is 6. The van der Waals surface area contributed by atoms with Gasteiger partial charge in [0, 0.05) is 13.1 Å². The first-order valence-corrected chi connectivity index (χ1v) is 7.22. The molecule has 0 aliphatic carbocycles. The fraction of sp³-hybridized carbons (Fsp3) is 0.500. The Balaban J connectivity index is 2.25. The first-order chi connectivity index (χ1) is 9.67. The number of nitrogens with one attached hydrogen (secondary N) is 1. The van der Waals surface area contributed by atoms with Crippen molar-refractivity contribution in [1.82, 2.24) is 25.1 Å². The number of aromatic nitrogens is 4. The Bertz CT molecular complexity index is 560. The van der Waals surface area contributed by atoms with Gasteiger partial charge in [0.2, 0.25) is 0 Å². The summed E-state index contributed by atoms with van der Waals surface area (Å²) in [5, 5.41) is 16.2. The Kier molecular flexibility index (Phi) is 4.80. The minimum Gasteiger partial charge on any atom is -0.395 e. The van der Waals surface area contributed by atoms with Gasteiger partial charge < -0.3 is 10.0 Å². The van der Waals surface area contributed by atoms with Crippen molar-refractivity contribution in [2.45, 2.75) is 20.3 Å². The topological polar surface area (TPSA) is 95.0 Å². The molecule has 0 aliphatic rings. The van der Waals surface area contributed by atoms with Crippen molar-refractivity contribution >= 4 is 17.2 Å². The lowest BCUT2D eigenvalue weighted by Gasteiger charge is -2.20. The number of H-pyrrole nitrogens is 1. The quantitative estimate of drug-likeness (QED) is 0.831. The summed E-state index contributed by atoms with van der Waals surface area (Å²) in [5.74, 6) is 0.461. The second-order valence-corrected chi connectivity index (χ2v) is 5.28. The Labute approximate surface area is 120 Å². The highest BCUT2D eigenvalue weighted by atomic mass is 32.1. The molecule has 8 heteroatoms. The molecule has 1 amide bonds. The summed E-state index contributed by atoms with van der Waals surface area (Å²) in [6.07, 6.45) is 2.25. The van der Waals surface area contributed by atoms with Gasteiger partial charge in [-0.25, -0.2) is 9.97 Å². The number of hydrogen-bond acceptors (Lipinski definition) is 6. The fourth-order valence-electron chi connectivity index (χ4n) is 1.85. The summed E-state index contributed by atoms with van der Waals surface area (Å²) < 4.78 is 0. The first kappa shape index (κ1) is 14.6. The van der Waals surface area contributed by atoms with Crippen LogP contribution in [-0.2, 0) is 0 Å². The largest absolute Gasteiger partial charge is 0.395 e. The van der Waals surface area contributed by atoms with Crippen molar-refractivity contribution in [2.24, 2.45) is 0 Å². The van der Waals surface area contributed by atoms with Gasteiger partial charge in [0.1, 0.15) is 11.2 Å². The number of carbonyl (C=O) groups excluding carboxylic acids is 1. The number of nitrogens with zero attached hydrogens (tertiary/aromatic N) is 4. The smallest absolute Gasteiger partial charge is 0.265 e. The lowest BCUT2D eigenvalue weighted by molar-refractivity contribution is 0.0726. The maximum Gasteiger partial charge on any atom is 0.265 e. The van der Waals surface area contributed by atoms with Crippen LogP contribution < -0.4 is 0 Å². The summed E-state index contributed by atoms with van der Waals surface area (Å²) in [5.41, 5.74) is 0.672. The molecule has 2 aromatic rings. The van der Waals surface area contributed by atoms with E-state index in [0.717, 1.165) is 6.42 Å². The van der Waals surface area contributed by atoms with Crippen LogP contribution in [0.3, 0.4) is 0 Å². The molecule has 0 spiro atoms. The Hall–Kier alpha value is -1.80. The molecular formula is C12H17N5O2S. The third-order valence-electron chi connectivity index (χ3n) is 2.76. The normalized spacial score (nSPS) is 10.8. The second-order valence-electron chi connectivity index (χ2n) is 4.28. The molecule has 20 heavy (non-hydrogen) atoms. The van der Waals surface area contributed by atoms with Gasteiger partial charge in [-0.1, -0.05) is 6.92 Å². The standard InChI is InChI=1S/C12H17N5O2S/c1-3-4-17(5-6-18)12(19)9-8(2)15-11(20-9)10-13-7-14-16-10/h7,18H,3-6H2,1-2H3,(H,13,14,16). The van der Waals surface area contributed by atoms with Gasteiger partial charge in [-0.2, -0.15) is 5.10 Å². The Morgan fingerprint density at radius 1 is 1.50 bits per heavy atom. The highest BCUT2D eigenvalue weighted by molar-refractivity contribution is 7.17. The van der Waals surface area contributed by atoms with Gasteiger partial charge in [0.15, 0.2) is 10.8 Å². The van der Waals surface area contributed by atoms with Crippen LogP contribution in [0.1, 0.15) is 28.7 Å². The van der Waals surface area contributed by atoms with Crippen molar-refractivity contribution in [1.29, 1.82) is 0 Å². The first-order valence-electron chi connectivity index (χ1n) is 6.40. The number of aliphatic hydroxyl groups is 1. The Morgan fingerprint density at radius 3 is 2.90 bits per heavy atom. The molecule has 2 N–H and O–H groups in total. The van der Waals surface area contributed by atoms with Crippen LogP contribution in [0.2, 0.25) is 0 Å². The van der Waals surface area contributed by atoms with E-state index >= 15 is 0 Å². The molecular weight excluding hydrogens is 278 g/mol. The van der Waals surface area contributed by atoms with Gasteiger partial charge in [-0.15, -0.1) is 11.3 Å². The third-order valence-corrected chi connectivity index (χ3v) is 3.91. The van der Waals surface area contributed by atoms with E-state index in [1.54, 1.807) is 11.8 Å². The lowest BCUT2D eigenvalue weighted by atomic mass is 10.3. The number of aryl methyl sites for hydroxylation is 1. The van der Waals surface area contributed by atoms with Gasteiger partial charge >= 0.3 is 0 Å². The summed E-state index contributed by atoms with van der Waals surface area (Å²) in [4.78, 5) is 23.1. The molecule has 0 unspecified atom stereocenters. The molecule has 108 valence electrons. The van der Waals surface area contributed by atoms with E-state index in [2.05, 4.69) is 20.2 Å². The molecule has 2 heterocycles. The molecule has 0 aliphatic heterocycles. The van der Waals surface area contributed by atoms with E-state index in [1.807, 2.05) is 6.92 Å². The summed E-state index contributed by atoms with van der Waals surface area (Å²) in [7, 11) is 0. The molecule has 0 radical (unpaired) electrons. The van der Waals surface area contributed by atoms with Gasteiger partial charge in [-0.05, 0) is 13.3 Å². The molecule has 7 nitrogen and oxygen atoms in total. The van der Waals surface area contributed by atoms with Crippen LogP contribution in [0.4, 0.5) is 0 Å². The Morgan fingerprint density at radius 2 is 2.30 bits per heavy atom. The van der Waals surface area contributed by atoms with Crippen molar-refractivity contribution < 1.29 is 9.90 Å². The van der Waals surface area contributed by atoms with Crippen LogP contribution in [0, 0.1) is 6.92 Å². The molecule has 0 fully saturated rings. The predicted octanol–water partition coefficient (Wildman–Crippen LogP) is 1.08. The minimum absolute atomic E-state index is 0.0431. The fourth-order valence-corrected chi connectivity index (χ4v) is 2.83. The molecule has 0 bridgehead atoms. The van der Waals surface area contributed by atoms with Crippen LogP contribution in [-0.4, -0.2) is 55.8 Å². The van der Waals surface area contributed by atoms with Gasteiger partial charge in [0.25, 0.3) is 5.91 Å². The number of aromatic amines is 1. The molecule has 0 saturated carbocycles. The summed E-state index contributed by atoms with van der Waals surface area (Å²) >= 11 is 1.29. The monoisotopic (exact) mass is 295 g/mol. The van der Waals surface area contributed by atoms with Gasteiger partial charge in [0.05, 0.1) is 12.3 Å². The van der Waals surface area contributed by atoms with Crippen molar-refractivity contribution in [3.63, 3.8) is 0 Å². The van der Waals surface area contributed by atoms with Crippen molar-refractivity contribution in [2.75, 3.05) is 19.7 Å². The number of hydrogen-bond donors (Lipinski definition) is 2. The predicted molar refractivity (Wildman–Crippen MR) is 75.5 cm³/mol. The number of thiazole rings is 1. The molecule has 2 rings (SSSR count). The molecule has 0 saturated heterocycles. The third kappa shape index (κ3) is 3.02. The zero-order chi connectivity index (χ0) is 14.5. The highest BCUT2D eigenvalue weighted by Crippen LogP contribution is 2.26. The van der Waals surface area contributed by atoms with Crippen LogP contribution in [0.25, 0.3) is 10.8 Å². The SMILES string of the molecule is CCCN(CCO)C(=O)c1sc(-c2ncn[nH]2)nc1C. The zero-order valence-corrected chi connectivity index (χ0v) is 12.3. The number of carbonyl (C=O) groups is 1. The maximum absolute atomic E-state index is 12.5. The second kappa shape index (κ2) is 6.58. The summed E-state index contributed by atoms with van der Waals surface area (Å²) in [6.45, 7) is 4.71. The molecule has 2 aromatic heterocycles. The number of aliphatic hydroxyl groups excluding tert-OH is 1. The van der Waals surface area contributed by atoms with Crippen molar-refractivity contribution in [3.8, 4) is 10.8 Å². The van der Waals surface area contributed by atoms with E-state index < -0.39 is 0 Å². The average molecular weight is 295 g/mol.